The minimum absolute atomic E-state index is 0.00931. The van der Waals surface area contributed by atoms with E-state index in [0.717, 1.165) is 0 Å². The molecular formula is C12H18N6O2S. The molecule has 0 amide bonds. The zero-order valence-corrected chi connectivity index (χ0v) is 13.0. The number of rotatable bonds is 6. The van der Waals surface area contributed by atoms with Gasteiger partial charge in [-0.25, -0.2) is 18.4 Å². The molecule has 0 saturated carbocycles. The number of aromatic nitrogens is 4. The Morgan fingerprint density at radius 1 is 1.24 bits per heavy atom. The van der Waals surface area contributed by atoms with Crippen LogP contribution < -0.4 is 10.0 Å². The lowest BCUT2D eigenvalue weighted by molar-refractivity contribution is 0.600. The van der Waals surface area contributed by atoms with Gasteiger partial charge in [0.1, 0.15) is 4.90 Å². The summed E-state index contributed by atoms with van der Waals surface area (Å²) in [6, 6.07) is 0. The SMILES string of the molecule is CCNc1ncc(S(=O)(=O)Nc2cn(C)nc2CC)cn1. The fraction of sp³-hybridized carbons (Fsp3) is 0.417. The van der Waals surface area contributed by atoms with Gasteiger partial charge in [0, 0.05) is 19.8 Å². The quantitative estimate of drug-likeness (QED) is 0.825. The van der Waals surface area contributed by atoms with Crippen LogP contribution >= 0.6 is 0 Å². The fourth-order valence-corrected chi connectivity index (χ4v) is 2.75. The molecule has 0 spiro atoms. The molecule has 21 heavy (non-hydrogen) atoms. The first-order chi connectivity index (χ1) is 9.96. The van der Waals surface area contributed by atoms with E-state index in [-0.39, 0.29) is 4.90 Å². The van der Waals surface area contributed by atoms with Gasteiger partial charge in [0.05, 0.1) is 23.8 Å². The van der Waals surface area contributed by atoms with Crippen molar-refractivity contribution in [3.8, 4) is 0 Å². The van der Waals surface area contributed by atoms with Crippen molar-refractivity contribution in [2.45, 2.75) is 25.2 Å². The van der Waals surface area contributed by atoms with Crippen LogP contribution in [0.2, 0.25) is 0 Å². The normalized spacial score (nSPS) is 11.4. The Balaban J connectivity index is 2.25. The molecule has 2 aromatic rings. The van der Waals surface area contributed by atoms with E-state index >= 15 is 0 Å². The van der Waals surface area contributed by atoms with Gasteiger partial charge in [-0.15, -0.1) is 0 Å². The number of nitrogens with zero attached hydrogens (tertiary/aromatic N) is 4. The zero-order valence-electron chi connectivity index (χ0n) is 12.2. The summed E-state index contributed by atoms with van der Waals surface area (Å²) in [5.74, 6) is 0.395. The Kier molecular flexibility index (Phi) is 4.41. The smallest absolute Gasteiger partial charge is 0.265 e. The Hall–Kier alpha value is -2.16. The zero-order chi connectivity index (χ0) is 15.5. The van der Waals surface area contributed by atoms with E-state index in [0.29, 0.717) is 30.3 Å². The largest absolute Gasteiger partial charge is 0.355 e. The summed E-state index contributed by atoms with van der Waals surface area (Å²) < 4.78 is 28.7. The van der Waals surface area contributed by atoms with Crippen LogP contribution in [0.15, 0.2) is 23.5 Å². The van der Waals surface area contributed by atoms with Gasteiger partial charge < -0.3 is 5.32 Å². The van der Waals surface area contributed by atoms with Crippen molar-refractivity contribution >= 4 is 21.7 Å². The average Bonchev–Trinajstić information content (AvgIpc) is 2.79. The summed E-state index contributed by atoms with van der Waals surface area (Å²) in [7, 11) is -1.98. The van der Waals surface area contributed by atoms with E-state index in [1.165, 1.54) is 12.4 Å². The molecule has 0 aliphatic heterocycles. The van der Waals surface area contributed by atoms with Gasteiger partial charge in [0.2, 0.25) is 5.95 Å². The molecule has 2 rings (SSSR count). The van der Waals surface area contributed by atoms with E-state index in [2.05, 4.69) is 25.1 Å². The van der Waals surface area contributed by atoms with Crippen LogP contribution in [-0.4, -0.2) is 34.7 Å². The lowest BCUT2D eigenvalue weighted by Gasteiger charge is -2.07. The lowest BCUT2D eigenvalue weighted by Crippen LogP contribution is -2.15. The number of hydrogen-bond donors (Lipinski definition) is 2. The predicted molar refractivity (Wildman–Crippen MR) is 79.6 cm³/mol. The minimum Gasteiger partial charge on any atom is -0.355 e. The molecule has 2 heterocycles. The van der Waals surface area contributed by atoms with E-state index in [4.69, 9.17) is 0 Å². The van der Waals surface area contributed by atoms with Crippen LogP contribution in [0.1, 0.15) is 19.5 Å². The number of hydrogen-bond acceptors (Lipinski definition) is 6. The van der Waals surface area contributed by atoms with Crippen LogP contribution in [0.4, 0.5) is 11.6 Å². The molecule has 114 valence electrons. The first-order valence-corrected chi connectivity index (χ1v) is 8.05. The molecule has 0 atom stereocenters. The third-order valence-electron chi connectivity index (χ3n) is 2.76. The second-order valence-electron chi connectivity index (χ2n) is 4.39. The van der Waals surface area contributed by atoms with Crippen molar-refractivity contribution in [2.75, 3.05) is 16.6 Å². The second kappa shape index (κ2) is 6.08. The Labute approximate surface area is 123 Å². The van der Waals surface area contributed by atoms with Crippen molar-refractivity contribution in [1.29, 1.82) is 0 Å². The summed E-state index contributed by atoms with van der Waals surface area (Å²) in [4.78, 5) is 7.93. The van der Waals surface area contributed by atoms with Gasteiger partial charge in [-0.1, -0.05) is 6.92 Å². The molecule has 0 saturated heterocycles. The maximum atomic E-state index is 12.3. The van der Waals surface area contributed by atoms with Gasteiger partial charge in [0.25, 0.3) is 10.0 Å². The van der Waals surface area contributed by atoms with Crippen molar-refractivity contribution in [3.63, 3.8) is 0 Å². The standard InChI is InChI=1S/C12H18N6O2S/c1-4-10-11(8-18(3)16-10)17-21(19,20)9-6-14-12(13-5-2)15-7-9/h6-8,17H,4-5H2,1-3H3,(H,13,14,15). The monoisotopic (exact) mass is 310 g/mol. The van der Waals surface area contributed by atoms with E-state index in [1.807, 2.05) is 13.8 Å². The lowest BCUT2D eigenvalue weighted by atomic mass is 10.3. The van der Waals surface area contributed by atoms with Crippen molar-refractivity contribution < 1.29 is 8.42 Å². The molecule has 2 N–H and O–H groups in total. The highest BCUT2D eigenvalue weighted by Gasteiger charge is 2.18. The molecule has 0 unspecified atom stereocenters. The van der Waals surface area contributed by atoms with Gasteiger partial charge >= 0.3 is 0 Å². The second-order valence-corrected chi connectivity index (χ2v) is 6.08. The van der Waals surface area contributed by atoms with Crippen LogP contribution in [0.5, 0.6) is 0 Å². The highest BCUT2D eigenvalue weighted by atomic mass is 32.2. The van der Waals surface area contributed by atoms with Gasteiger partial charge in [0.15, 0.2) is 0 Å². The third kappa shape index (κ3) is 3.48. The Morgan fingerprint density at radius 3 is 2.48 bits per heavy atom. The van der Waals surface area contributed by atoms with Crippen LogP contribution in [0.3, 0.4) is 0 Å². The van der Waals surface area contributed by atoms with Gasteiger partial charge in [-0.2, -0.15) is 5.10 Å². The van der Waals surface area contributed by atoms with E-state index in [9.17, 15) is 8.42 Å². The molecule has 9 heteroatoms. The van der Waals surface area contributed by atoms with E-state index in [1.54, 1.807) is 17.9 Å². The summed E-state index contributed by atoms with van der Waals surface area (Å²) in [5, 5.41) is 7.10. The molecule has 0 bridgehead atoms. The third-order valence-corrected chi connectivity index (χ3v) is 4.08. The first kappa shape index (κ1) is 15.2. The predicted octanol–water partition coefficient (Wildman–Crippen LogP) is 1.01. The molecule has 0 aliphatic carbocycles. The number of aryl methyl sites for hydroxylation is 2. The fourth-order valence-electron chi connectivity index (χ4n) is 1.79. The number of anilines is 2. The molecule has 0 fully saturated rings. The van der Waals surface area contributed by atoms with Crippen LogP contribution in [0.25, 0.3) is 0 Å². The van der Waals surface area contributed by atoms with Crippen molar-refractivity contribution in [2.24, 2.45) is 7.05 Å². The molecule has 0 aliphatic rings. The summed E-state index contributed by atoms with van der Waals surface area (Å²) >= 11 is 0. The van der Waals surface area contributed by atoms with Gasteiger partial charge in [-0.3, -0.25) is 9.40 Å². The maximum absolute atomic E-state index is 12.3. The molecule has 0 aromatic carbocycles. The summed E-state index contributed by atoms with van der Waals surface area (Å²) in [6.45, 7) is 4.48. The van der Waals surface area contributed by atoms with Crippen molar-refractivity contribution in [1.82, 2.24) is 19.7 Å². The number of sulfonamides is 1. The van der Waals surface area contributed by atoms with Crippen LogP contribution in [-0.2, 0) is 23.5 Å². The number of nitrogens with one attached hydrogen (secondary N) is 2. The first-order valence-electron chi connectivity index (χ1n) is 6.57. The molecule has 0 radical (unpaired) electrons. The highest BCUT2D eigenvalue weighted by Crippen LogP contribution is 2.19. The average molecular weight is 310 g/mol. The topological polar surface area (TPSA) is 102 Å². The highest BCUT2D eigenvalue weighted by molar-refractivity contribution is 7.92. The molecule has 8 nitrogen and oxygen atoms in total. The van der Waals surface area contributed by atoms with E-state index < -0.39 is 10.0 Å². The molecule has 2 aromatic heterocycles. The minimum atomic E-state index is -3.72. The summed E-state index contributed by atoms with van der Waals surface area (Å²) in [6.07, 6.45) is 4.81. The van der Waals surface area contributed by atoms with Crippen LogP contribution in [0, 0.1) is 0 Å². The van der Waals surface area contributed by atoms with Gasteiger partial charge in [-0.05, 0) is 13.3 Å². The maximum Gasteiger partial charge on any atom is 0.265 e. The summed E-state index contributed by atoms with van der Waals surface area (Å²) in [5.41, 5.74) is 1.15. The van der Waals surface area contributed by atoms with Crippen molar-refractivity contribution in [3.05, 3.63) is 24.3 Å². The molecular weight excluding hydrogens is 292 g/mol. The Bertz CT molecular complexity index is 708. The Morgan fingerprint density at radius 2 is 1.90 bits per heavy atom.